The van der Waals surface area contributed by atoms with Crippen molar-refractivity contribution in [3.05, 3.63) is 42.1 Å². The molecule has 1 amide bonds. The first kappa shape index (κ1) is 22.4. The van der Waals surface area contributed by atoms with E-state index in [0.29, 0.717) is 23.4 Å². The molecule has 8 nitrogen and oxygen atoms in total. The number of aromatic nitrogens is 2. The molecule has 0 bridgehead atoms. The van der Waals surface area contributed by atoms with Crippen LogP contribution < -0.4 is 14.8 Å². The molecule has 3 rings (SSSR count). The predicted molar refractivity (Wildman–Crippen MR) is 117 cm³/mol. The van der Waals surface area contributed by atoms with Crippen molar-refractivity contribution in [1.82, 2.24) is 9.78 Å². The van der Waals surface area contributed by atoms with E-state index in [1.54, 1.807) is 43.6 Å². The summed E-state index contributed by atoms with van der Waals surface area (Å²) < 4.78 is 17.9. The number of methoxy groups -OCH3 is 1. The molecule has 8 heteroatoms. The average Bonchev–Trinajstić information content (AvgIpc) is 3.42. The molecule has 0 radical (unpaired) electrons. The molecule has 0 saturated heterocycles. The summed E-state index contributed by atoms with van der Waals surface area (Å²) in [6.45, 7) is 3.49. The normalized spacial score (nSPS) is 14.2. The monoisotopic (exact) mass is 427 g/mol. The van der Waals surface area contributed by atoms with E-state index in [2.05, 4.69) is 10.4 Å². The van der Waals surface area contributed by atoms with Crippen LogP contribution in [0.2, 0.25) is 0 Å². The van der Waals surface area contributed by atoms with Crippen molar-refractivity contribution in [2.45, 2.75) is 51.7 Å². The lowest BCUT2D eigenvalue weighted by Crippen LogP contribution is -2.22. The first-order chi connectivity index (χ1) is 15.0. The van der Waals surface area contributed by atoms with Gasteiger partial charge in [0.05, 0.1) is 25.5 Å². The Kier molecular flexibility index (Phi) is 7.70. The molecule has 1 aromatic heterocycles. The third-order valence-corrected chi connectivity index (χ3v) is 4.92. The van der Waals surface area contributed by atoms with Crippen molar-refractivity contribution in [3.63, 3.8) is 0 Å². The van der Waals surface area contributed by atoms with Crippen LogP contribution in [0.3, 0.4) is 0 Å². The molecule has 1 N–H and O–H groups in total. The topological polar surface area (TPSA) is 91.7 Å². The zero-order valence-corrected chi connectivity index (χ0v) is 18.2. The maximum Gasteiger partial charge on any atom is 0.331 e. The van der Waals surface area contributed by atoms with E-state index in [-0.39, 0.29) is 12.7 Å². The Hall–Kier alpha value is -3.29. The van der Waals surface area contributed by atoms with Gasteiger partial charge < -0.3 is 19.5 Å². The summed E-state index contributed by atoms with van der Waals surface area (Å²) in [5.74, 6) is 0.812. The van der Waals surface area contributed by atoms with E-state index >= 15 is 0 Å². The fraction of sp³-hybridized carbons (Fsp3) is 0.435. The number of nitrogens with zero attached hydrogens (tertiary/aromatic N) is 2. The van der Waals surface area contributed by atoms with Gasteiger partial charge in [-0.1, -0.05) is 18.9 Å². The second-order valence-electron chi connectivity index (χ2n) is 7.67. The number of carbonyl (C=O) groups excluding carboxylic acids is 2. The van der Waals surface area contributed by atoms with Crippen LogP contribution in [0.1, 0.15) is 51.1 Å². The molecule has 1 heterocycles. The van der Waals surface area contributed by atoms with Crippen LogP contribution in [0.15, 0.2) is 36.5 Å². The highest BCUT2D eigenvalue weighted by atomic mass is 16.5. The predicted octanol–water partition coefficient (Wildman–Crippen LogP) is 3.99. The van der Waals surface area contributed by atoms with Crippen LogP contribution in [0, 0.1) is 0 Å². The number of carbonyl (C=O) groups is 2. The van der Waals surface area contributed by atoms with E-state index in [0.717, 1.165) is 18.4 Å². The molecule has 0 spiro atoms. The van der Waals surface area contributed by atoms with Gasteiger partial charge in [0.15, 0.2) is 18.1 Å². The third kappa shape index (κ3) is 6.34. The molecule has 1 aliphatic rings. The fourth-order valence-corrected chi connectivity index (χ4v) is 3.52. The van der Waals surface area contributed by atoms with Gasteiger partial charge in [-0.15, -0.1) is 0 Å². The molecule has 1 aliphatic carbocycles. The zero-order valence-electron chi connectivity index (χ0n) is 18.2. The molecule has 1 saturated carbocycles. The van der Waals surface area contributed by atoms with Crippen molar-refractivity contribution in [2.75, 3.05) is 19.0 Å². The van der Waals surface area contributed by atoms with Crippen molar-refractivity contribution < 1.29 is 23.8 Å². The van der Waals surface area contributed by atoms with Gasteiger partial charge in [0.25, 0.3) is 5.91 Å². The lowest BCUT2D eigenvalue weighted by Gasteiger charge is -2.14. The highest BCUT2D eigenvalue weighted by Gasteiger charge is 2.20. The second-order valence-corrected chi connectivity index (χ2v) is 7.67. The summed E-state index contributed by atoms with van der Waals surface area (Å²) in [4.78, 5) is 24.2. The number of ether oxygens (including phenoxy) is 3. The zero-order chi connectivity index (χ0) is 22.2. The molecule has 1 aromatic carbocycles. The summed E-state index contributed by atoms with van der Waals surface area (Å²) in [6, 6.07) is 7.41. The Balaban J connectivity index is 1.50. The molecule has 0 unspecified atom stereocenters. The molecule has 31 heavy (non-hydrogen) atoms. The third-order valence-electron chi connectivity index (χ3n) is 4.92. The maximum atomic E-state index is 12.2. The van der Waals surface area contributed by atoms with Gasteiger partial charge in [0.2, 0.25) is 0 Å². The fourth-order valence-electron chi connectivity index (χ4n) is 3.52. The van der Waals surface area contributed by atoms with Crippen molar-refractivity contribution in [3.8, 4) is 11.5 Å². The number of benzene rings is 1. The van der Waals surface area contributed by atoms with Crippen LogP contribution >= 0.6 is 0 Å². The van der Waals surface area contributed by atoms with E-state index < -0.39 is 11.9 Å². The van der Waals surface area contributed by atoms with Gasteiger partial charge in [-0.25, -0.2) is 9.48 Å². The first-order valence-electron chi connectivity index (χ1n) is 10.5. The first-order valence-corrected chi connectivity index (χ1v) is 10.5. The van der Waals surface area contributed by atoms with Gasteiger partial charge in [-0.05, 0) is 50.5 Å². The molecule has 0 atom stereocenters. The van der Waals surface area contributed by atoms with Crippen LogP contribution in [0.25, 0.3) is 6.08 Å². The van der Waals surface area contributed by atoms with E-state index in [1.807, 2.05) is 18.5 Å². The van der Waals surface area contributed by atoms with Crippen LogP contribution in [0.4, 0.5) is 5.82 Å². The van der Waals surface area contributed by atoms with Gasteiger partial charge in [0.1, 0.15) is 5.82 Å². The standard InChI is InChI=1S/C23H29N3O5/c1-16(2)31-19-10-8-17(14-20(19)29-3)9-11-23(28)30-15-22(27)25-21-12-13-24-26(21)18-6-4-5-7-18/h8-14,16,18H,4-7,15H2,1-3H3,(H,25,27)/b11-9+. The minimum absolute atomic E-state index is 0.0215. The number of hydrogen-bond acceptors (Lipinski definition) is 6. The molecule has 2 aromatic rings. The minimum atomic E-state index is -0.610. The highest BCUT2D eigenvalue weighted by molar-refractivity contribution is 5.94. The number of amides is 1. The number of nitrogens with one attached hydrogen (secondary N) is 1. The molecule has 166 valence electrons. The largest absolute Gasteiger partial charge is 0.493 e. The summed E-state index contributed by atoms with van der Waals surface area (Å²) >= 11 is 0. The SMILES string of the molecule is COc1cc(/C=C/C(=O)OCC(=O)Nc2ccnn2C2CCCC2)ccc1OC(C)C. The van der Waals surface area contributed by atoms with Crippen LogP contribution in [-0.4, -0.2) is 41.5 Å². The maximum absolute atomic E-state index is 12.2. The lowest BCUT2D eigenvalue weighted by atomic mass is 10.2. The average molecular weight is 428 g/mol. The second kappa shape index (κ2) is 10.7. The van der Waals surface area contributed by atoms with Crippen LogP contribution in [-0.2, 0) is 14.3 Å². The Bertz CT molecular complexity index is 929. The van der Waals surface area contributed by atoms with E-state index in [1.165, 1.54) is 18.9 Å². The van der Waals surface area contributed by atoms with Crippen molar-refractivity contribution in [2.24, 2.45) is 0 Å². The number of esters is 1. The van der Waals surface area contributed by atoms with Crippen LogP contribution in [0.5, 0.6) is 11.5 Å². The summed E-state index contributed by atoms with van der Waals surface area (Å²) in [5.41, 5.74) is 0.745. The molecular formula is C23H29N3O5. The van der Waals surface area contributed by atoms with Gasteiger partial charge in [0, 0.05) is 12.1 Å². The lowest BCUT2D eigenvalue weighted by molar-refractivity contribution is -0.142. The Morgan fingerprint density at radius 3 is 2.71 bits per heavy atom. The molecular weight excluding hydrogens is 398 g/mol. The van der Waals surface area contributed by atoms with E-state index in [4.69, 9.17) is 14.2 Å². The Morgan fingerprint density at radius 1 is 1.23 bits per heavy atom. The summed E-state index contributed by atoms with van der Waals surface area (Å²) in [6.07, 6.45) is 8.99. The highest BCUT2D eigenvalue weighted by Crippen LogP contribution is 2.31. The molecule has 0 aliphatic heterocycles. The van der Waals surface area contributed by atoms with Gasteiger partial charge in [-0.2, -0.15) is 5.10 Å². The summed E-state index contributed by atoms with van der Waals surface area (Å²) in [5, 5.41) is 7.07. The molecule has 1 fully saturated rings. The summed E-state index contributed by atoms with van der Waals surface area (Å²) in [7, 11) is 1.56. The van der Waals surface area contributed by atoms with Gasteiger partial charge in [-0.3, -0.25) is 4.79 Å². The minimum Gasteiger partial charge on any atom is -0.493 e. The van der Waals surface area contributed by atoms with Crippen molar-refractivity contribution >= 4 is 23.8 Å². The number of rotatable bonds is 9. The smallest absolute Gasteiger partial charge is 0.331 e. The number of hydrogen-bond donors (Lipinski definition) is 1. The number of anilines is 1. The van der Waals surface area contributed by atoms with E-state index in [9.17, 15) is 9.59 Å². The van der Waals surface area contributed by atoms with Gasteiger partial charge >= 0.3 is 5.97 Å². The Labute approximate surface area is 182 Å². The quantitative estimate of drug-likeness (QED) is 0.481. The van der Waals surface area contributed by atoms with Crippen molar-refractivity contribution in [1.29, 1.82) is 0 Å². The Morgan fingerprint density at radius 2 is 2.00 bits per heavy atom.